The smallest absolute Gasteiger partial charge is 0.181 e. The lowest BCUT2D eigenvalue weighted by molar-refractivity contribution is 0.833. The zero-order valence-electron chi connectivity index (χ0n) is 5.65. The van der Waals surface area contributed by atoms with Gasteiger partial charge in [0.05, 0.1) is 12.1 Å². The van der Waals surface area contributed by atoms with Gasteiger partial charge in [-0.1, -0.05) is 0 Å². The Kier molecular flexibility index (Phi) is 0.711. The van der Waals surface area contributed by atoms with Crippen LogP contribution < -0.4 is 0 Å². The first-order valence-corrected chi connectivity index (χ1v) is 3.40. The molecule has 4 nitrogen and oxygen atoms in total. The molecule has 2 aliphatic rings. The molecule has 0 atom stereocenters. The zero-order valence-corrected chi connectivity index (χ0v) is 5.65. The second-order valence-corrected chi connectivity index (χ2v) is 2.49. The fraction of sp³-hybridized carbons (Fsp3) is 0.143. The van der Waals surface area contributed by atoms with Crippen molar-refractivity contribution in [2.75, 3.05) is 0 Å². The van der Waals surface area contributed by atoms with E-state index in [0.29, 0.717) is 0 Å². The van der Waals surface area contributed by atoms with Crippen LogP contribution in [0.4, 0.5) is 0 Å². The van der Waals surface area contributed by atoms with Crippen LogP contribution in [-0.4, -0.2) is 19.9 Å². The van der Waals surface area contributed by atoms with Gasteiger partial charge in [0.25, 0.3) is 0 Å². The Labute approximate surface area is 62.4 Å². The van der Waals surface area contributed by atoms with E-state index in [4.69, 9.17) is 0 Å². The Bertz CT molecular complexity index is 437. The SMILES string of the molecule is c1cnc2c3nc(nc2n1)C3. The molecule has 0 saturated heterocycles. The largest absolute Gasteiger partial charge is 0.249 e. The van der Waals surface area contributed by atoms with Crippen LogP contribution >= 0.6 is 0 Å². The van der Waals surface area contributed by atoms with Gasteiger partial charge in [0, 0.05) is 12.4 Å². The van der Waals surface area contributed by atoms with E-state index in [2.05, 4.69) is 19.9 Å². The van der Waals surface area contributed by atoms with E-state index in [-0.39, 0.29) is 0 Å². The summed E-state index contributed by atoms with van der Waals surface area (Å²) >= 11 is 0. The number of hydrogen-bond acceptors (Lipinski definition) is 4. The molecule has 4 rings (SSSR count). The number of hydrogen-bond donors (Lipinski definition) is 0. The lowest BCUT2D eigenvalue weighted by atomic mass is 10.1. The normalized spacial score (nSPS) is 13.1. The van der Waals surface area contributed by atoms with E-state index in [1.165, 1.54) is 0 Å². The van der Waals surface area contributed by atoms with Gasteiger partial charge in [-0.25, -0.2) is 19.9 Å². The highest BCUT2D eigenvalue weighted by atomic mass is 15.0. The molecule has 4 heteroatoms. The quantitative estimate of drug-likeness (QED) is 0.456. The standard InChI is InChI=1S/C7H4N4/c1-2-9-7-6(8-1)4-3-5(10-4)11-7/h1-2H,3H2. The molecule has 2 aromatic heterocycles. The van der Waals surface area contributed by atoms with Gasteiger partial charge in [0.1, 0.15) is 11.3 Å². The van der Waals surface area contributed by atoms with Crippen molar-refractivity contribution < 1.29 is 0 Å². The van der Waals surface area contributed by atoms with Gasteiger partial charge < -0.3 is 0 Å². The summed E-state index contributed by atoms with van der Waals surface area (Å²) in [5.41, 5.74) is 2.60. The molecule has 2 aromatic rings. The summed E-state index contributed by atoms with van der Waals surface area (Å²) in [5, 5.41) is 0. The summed E-state index contributed by atoms with van der Waals surface area (Å²) in [6.45, 7) is 0. The summed E-state index contributed by atoms with van der Waals surface area (Å²) in [6, 6.07) is 0. The molecule has 2 aliphatic heterocycles. The fourth-order valence-corrected chi connectivity index (χ4v) is 1.23. The molecule has 2 bridgehead atoms. The molecule has 4 heterocycles. The Morgan fingerprint density at radius 3 is 2.73 bits per heavy atom. The highest BCUT2D eigenvalue weighted by Gasteiger charge is 2.18. The van der Waals surface area contributed by atoms with E-state index in [0.717, 1.165) is 29.1 Å². The summed E-state index contributed by atoms with van der Waals surface area (Å²) in [5.74, 6) is 0.882. The molecule has 0 amide bonds. The summed E-state index contributed by atoms with van der Waals surface area (Å²) in [4.78, 5) is 16.5. The van der Waals surface area contributed by atoms with Gasteiger partial charge >= 0.3 is 0 Å². The minimum atomic E-state index is 0.721. The second-order valence-electron chi connectivity index (χ2n) is 2.49. The molecule has 0 spiro atoms. The first-order chi connectivity index (χ1) is 5.43. The average molecular weight is 144 g/mol. The highest BCUT2D eigenvalue weighted by molar-refractivity contribution is 5.74. The van der Waals surface area contributed by atoms with Gasteiger partial charge in [-0.15, -0.1) is 0 Å². The third kappa shape index (κ3) is 0.537. The molecule has 52 valence electrons. The van der Waals surface area contributed by atoms with Crippen LogP contribution in [0.15, 0.2) is 12.4 Å². The third-order valence-electron chi connectivity index (χ3n) is 1.78. The van der Waals surface area contributed by atoms with E-state index < -0.39 is 0 Å². The maximum absolute atomic E-state index is 4.17. The van der Waals surface area contributed by atoms with Crippen LogP contribution in [0.25, 0.3) is 11.2 Å². The lowest BCUT2D eigenvalue weighted by Crippen LogP contribution is -2.13. The van der Waals surface area contributed by atoms with Gasteiger partial charge in [-0.05, 0) is 0 Å². The molecule has 0 radical (unpaired) electrons. The predicted octanol–water partition coefficient (Wildman–Crippen LogP) is 0.324. The van der Waals surface area contributed by atoms with Crippen molar-refractivity contribution in [1.29, 1.82) is 0 Å². The van der Waals surface area contributed by atoms with Gasteiger partial charge in [-0.2, -0.15) is 0 Å². The molecule has 0 N–H and O–H groups in total. The number of aromatic nitrogens is 4. The minimum Gasteiger partial charge on any atom is -0.249 e. The number of nitrogens with zero attached hydrogens (tertiary/aromatic N) is 4. The van der Waals surface area contributed by atoms with Crippen LogP contribution in [0.5, 0.6) is 0 Å². The summed E-state index contributed by atoms with van der Waals surface area (Å²) in [7, 11) is 0. The maximum Gasteiger partial charge on any atom is 0.181 e. The van der Waals surface area contributed by atoms with Crippen molar-refractivity contribution in [1.82, 2.24) is 19.9 Å². The van der Waals surface area contributed by atoms with Crippen LogP contribution in [0.2, 0.25) is 0 Å². The topological polar surface area (TPSA) is 51.6 Å². The third-order valence-corrected chi connectivity index (χ3v) is 1.78. The molecular weight excluding hydrogens is 140 g/mol. The van der Waals surface area contributed by atoms with Crippen LogP contribution in [0.3, 0.4) is 0 Å². The van der Waals surface area contributed by atoms with E-state index >= 15 is 0 Å². The van der Waals surface area contributed by atoms with Crippen molar-refractivity contribution in [2.24, 2.45) is 0 Å². The lowest BCUT2D eigenvalue weighted by Gasteiger charge is -2.12. The van der Waals surface area contributed by atoms with E-state index in [1.54, 1.807) is 12.4 Å². The zero-order chi connectivity index (χ0) is 7.26. The predicted molar refractivity (Wildman–Crippen MR) is 37.9 cm³/mol. The second kappa shape index (κ2) is 1.53. The van der Waals surface area contributed by atoms with E-state index in [1.807, 2.05) is 0 Å². The van der Waals surface area contributed by atoms with Crippen molar-refractivity contribution in [3.63, 3.8) is 0 Å². The van der Waals surface area contributed by atoms with Crippen molar-refractivity contribution in [3.8, 4) is 0 Å². The monoisotopic (exact) mass is 144 g/mol. The molecule has 0 aromatic carbocycles. The molecule has 0 fully saturated rings. The van der Waals surface area contributed by atoms with Crippen LogP contribution in [0.1, 0.15) is 11.5 Å². The molecule has 0 aliphatic carbocycles. The molecule has 11 heavy (non-hydrogen) atoms. The average Bonchev–Trinajstić information content (AvgIpc) is 2.02. The Morgan fingerprint density at radius 2 is 1.91 bits per heavy atom. The minimum absolute atomic E-state index is 0.721. The highest BCUT2D eigenvalue weighted by Crippen LogP contribution is 2.20. The van der Waals surface area contributed by atoms with Crippen LogP contribution in [-0.2, 0) is 6.42 Å². The van der Waals surface area contributed by atoms with Crippen molar-refractivity contribution >= 4 is 11.2 Å². The Balaban J connectivity index is 2.57. The first-order valence-electron chi connectivity index (χ1n) is 3.40. The summed E-state index contributed by atoms with van der Waals surface area (Å²) in [6.07, 6.45) is 4.18. The number of rotatable bonds is 0. The molecule has 0 saturated carbocycles. The van der Waals surface area contributed by atoms with Gasteiger partial charge in [-0.3, -0.25) is 0 Å². The molecular formula is C7H4N4. The fourth-order valence-electron chi connectivity index (χ4n) is 1.23. The summed E-state index contributed by atoms with van der Waals surface area (Å²) < 4.78 is 0. The van der Waals surface area contributed by atoms with Gasteiger partial charge in [0.2, 0.25) is 0 Å². The van der Waals surface area contributed by atoms with Crippen molar-refractivity contribution in [3.05, 3.63) is 23.9 Å². The van der Waals surface area contributed by atoms with Gasteiger partial charge in [0.15, 0.2) is 5.65 Å². The first kappa shape index (κ1) is 5.12. The molecule has 0 unspecified atom stereocenters. The van der Waals surface area contributed by atoms with Crippen LogP contribution in [0, 0.1) is 0 Å². The maximum atomic E-state index is 4.17. The Morgan fingerprint density at radius 1 is 1.09 bits per heavy atom. The van der Waals surface area contributed by atoms with E-state index in [9.17, 15) is 0 Å². The Hall–Kier alpha value is -1.58. The van der Waals surface area contributed by atoms with Crippen molar-refractivity contribution in [2.45, 2.75) is 6.42 Å².